The van der Waals surface area contributed by atoms with E-state index in [0.717, 1.165) is 26.1 Å². The molecule has 1 heterocycles. The van der Waals surface area contributed by atoms with Gasteiger partial charge in [0.1, 0.15) is 0 Å². The highest BCUT2D eigenvalue weighted by atomic mass is 14.9. The number of para-hydroxylation sites is 1. The lowest BCUT2D eigenvalue weighted by Crippen LogP contribution is -2.14. The van der Waals surface area contributed by atoms with Gasteiger partial charge in [0.05, 0.1) is 0 Å². The molecule has 0 aliphatic carbocycles. The summed E-state index contributed by atoms with van der Waals surface area (Å²) < 4.78 is 0. The molecule has 2 nitrogen and oxygen atoms in total. The number of rotatable bonds is 4. The first kappa shape index (κ1) is 11.2. The van der Waals surface area contributed by atoms with E-state index in [1.54, 1.807) is 0 Å². The highest BCUT2D eigenvalue weighted by Crippen LogP contribution is 2.25. The van der Waals surface area contributed by atoms with Gasteiger partial charge >= 0.3 is 0 Å². The van der Waals surface area contributed by atoms with Crippen molar-refractivity contribution in [3.63, 3.8) is 0 Å². The summed E-state index contributed by atoms with van der Waals surface area (Å²) in [6.45, 7) is 7.24. The van der Waals surface area contributed by atoms with Gasteiger partial charge in [0, 0.05) is 25.3 Å². The second-order valence-electron chi connectivity index (χ2n) is 4.54. The molecule has 0 saturated carbocycles. The number of benzene rings is 1. The predicted octanol–water partition coefficient (Wildman–Crippen LogP) is 2.71. The average molecular weight is 216 g/mol. The molecule has 0 unspecified atom stereocenters. The smallest absolute Gasteiger partial charge is 0.0419 e. The molecule has 1 aliphatic heterocycles. The highest BCUT2D eigenvalue weighted by molar-refractivity contribution is 5.61. The topological polar surface area (TPSA) is 24.1 Å². The standard InChI is InChI=1S/C14H20N2/c1-11(2)6-8-15-10-13-5-3-4-12-7-9-16-14(12)13/h3-6,15-16H,7-10H2,1-2H3. The fraction of sp³-hybridized carbons (Fsp3) is 0.429. The lowest BCUT2D eigenvalue weighted by Gasteiger charge is -2.09. The van der Waals surface area contributed by atoms with Crippen molar-refractivity contribution in [1.29, 1.82) is 0 Å². The van der Waals surface area contributed by atoms with E-state index < -0.39 is 0 Å². The number of anilines is 1. The molecule has 0 radical (unpaired) electrons. The molecule has 2 heteroatoms. The minimum absolute atomic E-state index is 0.944. The first-order chi connectivity index (χ1) is 7.77. The van der Waals surface area contributed by atoms with Crippen molar-refractivity contribution in [3.8, 4) is 0 Å². The van der Waals surface area contributed by atoms with E-state index in [1.165, 1.54) is 22.4 Å². The number of nitrogens with one attached hydrogen (secondary N) is 2. The number of hydrogen-bond acceptors (Lipinski definition) is 2. The molecule has 1 aliphatic rings. The quantitative estimate of drug-likeness (QED) is 0.597. The van der Waals surface area contributed by atoms with Gasteiger partial charge in [0.2, 0.25) is 0 Å². The largest absolute Gasteiger partial charge is 0.384 e. The maximum atomic E-state index is 3.46. The normalized spacial score (nSPS) is 13.1. The Labute approximate surface area is 97.8 Å². The summed E-state index contributed by atoms with van der Waals surface area (Å²) in [4.78, 5) is 0. The van der Waals surface area contributed by atoms with Gasteiger partial charge < -0.3 is 10.6 Å². The van der Waals surface area contributed by atoms with Crippen LogP contribution in [0.4, 0.5) is 5.69 Å². The Bertz CT molecular complexity index is 390. The van der Waals surface area contributed by atoms with Crippen LogP contribution in [-0.4, -0.2) is 13.1 Å². The number of hydrogen-bond donors (Lipinski definition) is 2. The lowest BCUT2D eigenvalue weighted by molar-refractivity contribution is 0.758. The molecular weight excluding hydrogens is 196 g/mol. The van der Waals surface area contributed by atoms with E-state index in [-0.39, 0.29) is 0 Å². The van der Waals surface area contributed by atoms with Gasteiger partial charge in [0.15, 0.2) is 0 Å². The number of allylic oxidation sites excluding steroid dienone is 1. The predicted molar refractivity (Wildman–Crippen MR) is 69.8 cm³/mol. The van der Waals surface area contributed by atoms with Gasteiger partial charge in [-0.1, -0.05) is 29.8 Å². The molecule has 0 aromatic heterocycles. The summed E-state index contributed by atoms with van der Waals surface area (Å²) in [5, 5.41) is 6.91. The summed E-state index contributed by atoms with van der Waals surface area (Å²) in [6, 6.07) is 6.57. The Morgan fingerprint density at radius 3 is 3.12 bits per heavy atom. The third-order valence-corrected chi connectivity index (χ3v) is 2.90. The molecule has 0 amide bonds. The Kier molecular flexibility index (Phi) is 3.62. The van der Waals surface area contributed by atoms with Crippen molar-refractivity contribution in [2.75, 3.05) is 18.4 Å². The van der Waals surface area contributed by atoms with Gasteiger partial charge in [-0.25, -0.2) is 0 Å². The molecule has 2 N–H and O–H groups in total. The maximum absolute atomic E-state index is 3.46. The second kappa shape index (κ2) is 5.17. The molecule has 0 atom stereocenters. The molecule has 16 heavy (non-hydrogen) atoms. The van der Waals surface area contributed by atoms with Crippen molar-refractivity contribution in [2.24, 2.45) is 0 Å². The zero-order valence-corrected chi connectivity index (χ0v) is 10.1. The Hall–Kier alpha value is -1.28. The lowest BCUT2D eigenvalue weighted by atomic mass is 10.1. The van der Waals surface area contributed by atoms with Crippen LogP contribution >= 0.6 is 0 Å². The molecule has 2 rings (SSSR count). The zero-order valence-electron chi connectivity index (χ0n) is 10.1. The van der Waals surface area contributed by atoms with Gasteiger partial charge in [0.25, 0.3) is 0 Å². The molecule has 0 bridgehead atoms. The summed E-state index contributed by atoms with van der Waals surface area (Å²) in [7, 11) is 0. The van der Waals surface area contributed by atoms with Crippen molar-refractivity contribution < 1.29 is 0 Å². The van der Waals surface area contributed by atoms with E-state index in [9.17, 15) is 0 Å². The average Bonchev–Trinajstić information content (AvgIpc) is 2.72. The van der Waals surface area contributed by atoms with Gasteiger partial charge in [-0.3, -0.25) is 0 Å². The fourth-order valence-corrected chi connectivity index (χ4v) is 2.04. The molecule has 1 aromatic carbocycles. The van der Waals surface area contributed by atoms with Crippen LogP contribution in [0.2, 0.25) is 0 Å². The summed E-state index contributed by atoms with van der Waals surface area (Å²) in [5.41, 5.74) is 5.56. The Balaban J connectivity index is 1.95. The van der Waals surface area contributed by atoms with Crippen LogP contribution in [0, 0.1) is 0 Å². The first-order valence-corrected chi connectivity index (χ1v) is 5.96. The van der Waals surface area contributed by atoms with Crippen LogP contribution in [-0.2, 0) is 13.0 Å². The van der Waals surface area contributed by atoms with E-state index >= 15 is 0 Å². The fourth-order valence-electron chi connectivity index (χ4n) is 2.04. The van der Waals surface area contributed by atoms with E-state index in [4.69, 9.17) is 0 Å². The molecule has 0 saturated heterocycles. The Morgan fingerprint density at radius 1 is 1.44 bits per heavy atom. The van der Waals surface area contributed by atoms with Crippen molar-refractivity contribution in [3.05, 3.63) is 41.0 Å². The minimum Gasteiger partial charge on any atom is -0.384 e. The molecule has 1 aromatic rings. The third-order valence-electron chi connectivity index (χ3n) is 2.90. The zero-order chi connectivity index (χ0) is 11.4. The maximum Gasteiger partial charge on any atom is 0.0419 e. The molecule has 0 spiro atoms. The van der Waals surface area contributed by atoms with Crippen molar-refractivity contribution in [1.82, 2.24) is 5.32 Å². The summed E-state index contributed by atoms with van der Waals surface area (Å²) in [6.07, 6.45) is 3.38. The van der Waals surface area contributed by atoms with Crippen LogP contribution in [0.5, 0.6) is 0 Å². The van der Waals surface area contributed by atoms with Crippen LogP contribution < -0.4 is 10.6 Å². The minimum atomic E-state index is 0.944. The van der Waals surface area contributed by atoms with Crippen molar-refractivity contribution >= 4 is 5.69 Å². The molecule has 0 fully saturated rings. The van der Waals surface area contributed by atoms with Gasteiger partial charge in [-0.05, 0) is 31.4 Å². The van der Waals surface area contributed by atoms with Crippen molar-refractivity contribution in [2.45, 2.75) is 26.8 Å². The monoisotopic (exact) mass is 216 g/mol. The van der Waals surface area contributed by atoms with Gasteiger partial charge in [-0.2, -0.15) is 0 Å². The summed E-state index contributed by atoms with van der Waals surface area (Å²) >= 11 is 0. The van der Waals surface area contributed by atoms with E-state index in [1.807, 2.05) is 0 Å². The molecular formula is C14H20N2. The highest BCUT2D eigenvalue weighted by Gasteiger charge is 2.12. The van der Waals surface area contributed by atoms with Crippen LogP contribution in [0.1, 0.15) is 25.0 Å². The first-order valence-electron chi connectivity index (χ1n) is 5.96. The molecule has 86 valence electrons. The van der Waals surface area contributed by atoms with E-state index in [2.05, 4.69) is 48.8 Å². The SMILES string of the molecule is CC(C)=CCNCc1cccc2c1NCC2. The number of fused-ring (bicyclic) bond motifs is 1. The van der Waals surface area contributed by atoms with E-state index in [0.29, 0.717) is 0 Å². The van der Waals surface area contributed by atoms with Crippen LogP contribution in [0.25, 0.3) is 0 Å². The summed E-state index contributed by atoms with van der Waals surface area (Å²) in [5.74, 6) is 0. The third kappa shape index (κ3) is 2.64. The second-order valence-corrected chi connectivity index (χ2v) is 4.54. The van der Waals surface area contributed by atoms with Gasteiger partial charge in [-0.15, -0.1) is 0 Å². The Morgan fingerprint density at radius 2 is 2.31 bits per heavy atom. The van der Waals surface area contributed by atoms with Crippen LogP contribution in [0.3, 0.4) is 0 Å². The van der Waals surface area contributed by atoms with Crippen LogP contribution in [0.15, 0.2) is 29.8 Å².